The monoisotopic (exact) mass is 378 g/mol. The van der Waals surface area contributed by atoms with Crippen molar-refractivity contribution in [1.29, 1.82) is 0 Å². The third-order valence-electron chi connectivity index (χ3n) is 7.60. The zero-order chi connectivity index (χ0) is 19.5. The second-order valence-corrected chi connectivity index (χ2v) is 9.28. The minimum absolute atomic E-state index is 0.0304. The van der Waals surface area contributed by atoms with E-state index >= 15 is 0 Å². The van der Waals surface area contributed by atoms with Crippen molar-refractivity contribution in [1.82, 2.24) is 0 Å². The van der Waals surface area contributed by atoms with E-state index in [2.05, 4.69) is 43.3 Å². The lowest BCUT2D eigenvalue weighted by Crippen LogP contribution is -2.30. The number of fused-ring (bicyclic) bond motifs is 2. The molecule has 0 N–H and O–H groups in total. The van der Waals surface area contributed by atoms with Crippen LogP contribution in [-0.2, 0) is 6.42 Å². The van der Waals surface area contributed by atoms with Crippen LogP contribution in [0.1, 0.15) is 82.3 Å². The second-order valence-electron chi connectivity index (χ2n) is 9.28. The molecule has 4 atom stereocenters. The molecule has 2 fully saturated rings. The summed E-state index contributed by atoms with van der Waals surface area (Å²) in [6.07, 6.45) is 15.7. The van der Waals surface area contributed by atoms with E-state index in [-0.39, 0.29) is 5.82 Å². The van der Waals surface area contributed by atoms with Crippen LogP contribution in [-0.4, -0.2) is 0 Å². The van der Waals surface area contributed by atoms with Crippen molar-refractivity contribution in [3.63, 3.8) is 0 Å². The van der Waals surface area contributed by atoms with Gasteiger partial charge in [0, 0.05) is 5.39 Å². The predicted octanol–water partition coefficient (Wildman–Crippen LogP) is 8.20. The van der Waals surface area contributed by atoms with Crippen molar-refractivity contribution >= 4 is 10.8 Å². The first kappa shape index (κ1) is 19.7. The maximum Gasteiger partial charge on any atom is 0.131 e. The average molecular weight is 379 g/mol. The lowest BCUT2D eigenvalue weighted by molar-refractivity contribution is 0.116. The van der Waals surface area contributed by atoms with E-state index in [4.69, 9.17) is 0 Å². The van der Waals surface area contributed by atoms with Gasteiger partial charge < -0.3 is 0 Å². The normalized spacial score (nSPS) is 28.0. The van der Waals surface area contributed by atoms with Crippen LogP contribution in [0, 0.1) is 23.6 Å². The van der Waals surface area contributed by atoms with E-state index in [1.165, 1.54) is 56.1 Å². The molecule has 4 rings (SSSR count). The first-order chi connectivity index (χ1) is 13.7. The molecule has 2 aliphatic carbocycles. The van der Waals surface area contributed by atoms with Gasteiger partial charge in [-0.2, -0.15) is 0 Å². The molecule has 0 nitrogen and oxygen atoms in total. The summed E-state index contributed by atoms with van der Waals surface area (Å²) < 4.78 is 15.0. The maximum absolute atomic E-state index is 15.0. The molecular formula is C27H35F. The van der Waals surface area contributed by atoms with Crippen molar-refractivity contribution < 1.29 is 4.39 Å². The van der Waals surface area contributed by atoms with Crippen molar-refractivity contribution in [3.8, 4) is 0 Å². The summed E-state index contributed by atoms with van der Waals surface area (Å²) >= 11 is 0. The second kappa shape index (κ2) is 8.80. The summed E-state index contributed by atoms with van der Waals surface area (Å²) in [7, 11) is 0. The molecule has 2 aliphatic rings. The zero-order valence-electron chi connectivity index (χ0n) is 17.6. The predicted molar refractivity (Wildman–Crippen MR) is 118 cm³/mol. The first-order valence-electron chi connectivity index (χ1n) is 11.5. The lowest BCUT2D eigenvalue weighted by atomic mass is 9.63. The molecule has 0 bridgehead atoms. The van der Waals surface area contributed by atoms with Gasteiger partial charge in [0.15, 0.2) is 0 Å². The van der Waals surface area contributed by atoms with Gasteiger partial charge in [0.2, 0.25) is 0 Å². The van der Waals surface area contributed by atoms with Gasteiger partial charge in [0.25, 0.3) is 0 Å². The summed E-state index contributed by atoms with van der Waals surface area (Å²) in [5.74, 6) is 3.28. The first-order valence-corrected chi connectivity index (χ1v) is 11.5. The van der Waals surface area contributed by atoms with E-state index < -0.39 is 0 Å². The maximum atomic E-state index is 15.0. The molecule has 2 aromatic rings. The smallest absolute Gasteiger partial charge is 0.131 e. The van der Waals surface area contributed by atoms with Crippen LogP contribution in [0.4, 0.5) is 4.39 Å². The van der Waals surface area contributed by atoms with Crippen molar-refractivity contribution in [2.75, 3.05) is 0 Å². The highest BCUT2D eigenvalue weighted by Gasteiger charge is 2.35. The SMILES string of the molecule is CC=CCCc1ccc2cc(C3CCC4CC(CC)CCC4C3)cc(F)c2c1. The summed E-state index contributed by atoms with van der Waals surface area (Å²) in [5, 5.41) is 1.86. The number of benzene rings is 2. The van der Waals surface area contributed by atoms with Crippen molar-refractivity contribution in [2.45, 2.75) is 77.6 Å². The Morgan fingerprint density at radius 2 is 1.82 bits per heavy atom. The Kier molecular flexibility index (Phi) is 6.19. The number of hydrogen-bond donors (Lipinski definition) is 0. The minimum Gasteiger partial charge on any atom is -0.206 e. The molecule has 0 aliphatic heterocycles. The Labute approximate surface area is 170 Å². The van der Waals surface area contributed by atoms with Gasteiger partial charge in [-0.1, -0.05) is 50.1 Å². The van der Waals surface area contributed by atoms with E-state index in [1.54, 1.807) is 0 Å². The quantitative estimate of drug-likeness (QED) is 0.460. The number of aryl methyl sites for hydroxylation is 1. The molecule has 28 heavy (non-hydrogen) atoms. The van der Waals surface area contributed by atoms with Gasteiger partial charge in [-0.25, -0.2) is 4.39 Å². The molecule has 4 unspecified atom stereocenters. The van der Waals surface area contributed by atoms with Crippen LogP contribution < -0.4 is 0 Å². The summed E-state index contributed by atoms with van der Waals surface area (Å²) in [4.78, 5) is 0. The summed E-state index contributed by atoms with van der Waals surface area (Å²) in [6, 6.07) is 10.5. The lowest BCUT2D eigenvalue weighted by Gasteiger charge is -2.42. The fourth-order valence-electron chi connectivity index (χ4n) is 5.85. The molecule has 2 saturated carbocycles. The summed E-state index contributed by atoms with van der Waals surface area (Å²) in [6.45, 7) is 4.39. The highest BCUT2D eigenvalue weighted by molar-refractivity contribution is 5.84. The average Bonchev–Trinajstić information content (AvgIpc) is 2.73. The van der Waals surface area contributed by atoms with Crippen LogP contribution in [0.2, 0.25) is 0 Å². The Morgan fingerprint density at radius 3 is 2.64 bits per heavy atom. The molecular weight excluding hydrogens is 343 g/mol. The van der Waals surface area contributed by atoms with E-state index in [1.807, 2.05) is 13.0 Å². The van der Waals surface area contributed by atoms with Crippen molar-refractivity contribution in [2.24, 2.45) is 17.8 Å². The van der Waals surface area contributed by atoms with Crippen LogP contribution in [0.15, 0.2) is 42.5 Å². The van der Waals surface area contributed by atoms with E-state index in [9.17, 15) is 4.39 Å². The Morgan fingerprint density at radius 1 is 1.00 bits per heavy atom. The number of rotatable bonds is 5. The molecule has 0 radical (unpaired) electrons. The largest absolute Gasteiger partial charge is 0.206 e. The minimum atomic E-state index is -0.0304. The Bertz CT molecular complexity index is 834. The fourth-order valence-corrected chi connectivity index (χ4v) is 5.85. The summed E-state index contributed by atoms with van der Waals surface area (Å²) in [5.41, 5.74) is 2.47. The van der Waals surface area contributed by atoms with Gasteiger partial charge in [0.05, 0.1) is 0 Å². The molecule has 1 heteroatoms. The fraction of sp³-hybridized carbons (Fsp3) is 0.556. The molecule has 0 saturated heterocycles. The molecule has 0 spiro atoms. The highest BCUT2D eigenvalue weighted by Crippen LogP contribution is 2.48. The highest BCUT2D eigenvalue weighted by atomic mass is 19.1. The van der Waals surface area contributed by atoms with Crippen LogP contribution in [0.5, 0.6) is 0 Å². The van der Waals surface area contributed by atoms with Gasteiger partial charge >= 0.3 is 0 Å². The topological polar surface area (TPSA) is 0 Å². The standard InChI is InChI=1S/C27H35F/c1-3-5-6-7-20-9-11-24-17-25(18-27(28)26(24)15-20)23-13-12-21-14-19(4-2)8-10-22(21)16-23/h3,5,9,11,15,17-19,21-23H,4,6-8,10,12-14,16H2,1-2H3. The molecule has 0 amide bonds. The van der Waals surface area contributed by atoms with Crippen molar-refractivity contribution in [3.05, 3.63) is 59.4 Å². The van der Waals surface area contributed by atoms with Gasteiger partial charge in [-0.05, 0) is 104 Å². The van der Waals surface area contributed by atoms with Crippen LogP contribution in [0.25, 0.3) is 10.8 Å². The third-order valence-corrected chi connectivity index (χ3v) is 7.60. The van der Waals surface area contributed by atoms with E-state index in [0.29, 0.717) is 5.92 Å². The molecule has 150 valence electrons. The third kappa shape index (κ3) is 4.19. The number of allylic oxidation sites excluding steroid dienone is 2. The number of hydrogen-bond acceptors (Lipinski definition) is 0. The van der Waals surface area contributed by atoms with Crippen LogP contribution >= 0.6 is 0 Å². The Balaban J connectivity index is 1.51. The van der Waals surface area contributed by atoms with Crippen LogP contribution in [0.3, 0.4) is 0 Å². The van der Waals surface area contributed by atoms with E-state index in [0.717, 1.165) is 41.4 Å². The molecule has 0 heterocycles. The van der Waals surface area contributed by atoms with Gasteiger partial charge in [0.1, 0.15) is 5.82 Å². The van der Waals surface area contributed by atoms with Gasteiger partial charge in [-0.15, -0.1) is 0 Å². The molecule has 2 aromatic carbocycles. The number of halogens is 1. The zero-order valence-corrected chi connectivity index (χ0v) is 17.6. The van der Waals surface area contributed by atoms with Gasteiger partial charge in [-0.3, -0.25) is 0 Å². The Hall–Kier alpha value is -1.63. The molecule has 0 aromatic heterocycles.